The molecule has 3 saturated heterocycles. The number of carbonyl (C=O) groups is 3. The van der Waals surface area contributed by atoms with Crippen LogP contribution in [-0.2, 0) is 28.0 Å². The largest absolute Gasteiger partial charge is 0.496 e. The number of piperazine rings is 1. The first-order chi connectivity index (χ1) is 26.2. The zero-order valence-electron chi connectivity index (χ0n) is 31.4. The summed E-state index contributed by atoms with van der Waals surface area (Å²) in [6, 6.07) is 11.8. The first kappa shape index (κ1) is 37.1. The lowest BCUT2D eigenvalue weighted by Crippen LogP contribution is -2.47. The van der Waals surface area contributed by atoms with Crippen LogP contribution >= 0.6 is 0 Å². The van der Waals surface area contributed by atoms with E-state index in [4.69, 9.17) is 9.47 Å². The van der Waals surface area contributed by atoms with Gasteiger partial charge in [0.15, 0.2) is 0 Å². The molecule has 5 heterocycles. The van der Waals surface area contributed by atoms with E-state index in [1.54, 1.807) is 32.0 Å². The van der Waals surface area contributed by atoms with Crippen LogP contribution in [0.25, 0.3) is 22.0 Å². The fourth-order valence-corrected chi connectivity index (χ4v) is 8.03. The average Bonchev–Trinajstić information content (AvgIpc) is 3.69. The van der Waals surface area contributed by atoms with E-state index in [1.807, 2.05) is 35.4 Å². The molecule has 286 valence electrons. The Hall–Kier alpha value is -5.21. The number of likely N-dealkylation sites (tertiary alicyclic amines) is 1. The highest BCUT2D eigenvalue weighted by Crippen LogP contribution is 2.38. The van der Waals surface area contributed by atoms with E-state index in [0.717, 1.165) is 104 Å². The zero-order valence-corrected chi connectivity index (χ0v) is 31.4. The van der Waals surface area contributed by atoms with Gasteiger partial charge >= 0.3 is 0 Å². The van der Waals surface area contributed by atoms with Gasteiger partial charge < -0.3 is 29.2 Å². The lowest BCUT2D eigenvalue weighted by Gasteiger charge is -2.35. The van der Waals surface area contributed by atoms with Crippen LogP contribution in [0.1, 0.15) is 55.6 Å². The van der Waals surface area contributed by atoms with Gasteiger partial charge in [-0.25, -0.2) is 0 Å². The number of fused-ring (bicyclic) bond motifs is 1. The average molecular weight is 739 g/mol. The van der Waals surface area contributed by atoms with Gasteiger partial charge in [0.1, 0.15) is 23.1 Å². The van der Waals surface area contributed by atoms with Crippen LogP contribution < -0.4 is 25.7 Å². The summed E-state index contributed by atoms with van der Waals surface area (Å²) in [5.74, 6) is 1.62. The van der Waals surface area contributed by atoms with Crippen molar-refractivity contribution in [3.8, 4) is 22.6 Å². The van der Waals surface area contributed by atoms with Crippen molar-refractivity contribution in [2.45, 2.75) is 57.0 Å². The smallest absolute Gasteiger partial charge is 0.276 e. The van der Waals surface area contributed by atoms with E-state index in [-0.39, 0.29) is 23.3 Å². The molecule has 0 bridgehead atoms. The van der Waals surface area contributed by atoms with Crippen molar-refractivity contribution in [3.63, 3.8) is 0 Å². The highest BCUT2D eigenvalue weighted by atomic mass is 16.5. The van der Waals surface area contributed by atoms with E-state index in [0.29, 0.717) is 37.2 Å². The number of aromatic nitrogens is 3. The highest BCUT2D eigenvalue weighted by molar-refractivity contribution is 6.01. The number of rotatable bonds is 12. The molecule has 0 radical (unpaired) electrons. The third-order valence-electron chi connectivity index (χ3n) is 11.2. The molecule has 1 atom stereocenters. The molecule has 2 aromatic heterocycles. The number of methoxy groups -OCH3 is 2. The number of benzene rings is 2. The Labute approximate surface area is 314 Å². The number of ether oxygens (including phenoxy) is 2. The van der Waals surface area contributed by atoms with Crippen molar-refractivity contribution >= 4 is 34.3 Å². The third kappa shape index (κ3) is 8.14. The van der Waals surface area contributed by atoms with Crippen LogP contribution in [0.15, 0.2) is 53.6 Å². The Balaban J connectivity index is 0.848. The van der Waals surface area contributed by atoms with Gasteiger partial charge in [-0.05, 0) is 73.5 Å². The van der Waals surface area contributed by atoms with E-state index in [2.05, 4.69) is 42.8 Å². The van der Waals surface area contributed by atoms with Crippen LogP contribution in [-0.4, -0.2) is 113 Å². The van der Waals surface area contributed by atoms with Crippen LogP contribution in [0.2, 0.25) is 0 Å². The summed E-state index contributed by atoms with van der Waals surface area (Å²) in [4.78, 5) is 56.1. The topological polar surface area (TPSA) is 154 Å². The Bertz CT molecular complexity index is 2020. The number of carbonyl (C=O) groups excluding carboxylic acids is 3. The SMILES string of the molecule is COc1cc(-c2cn(C)c(=O)c3[nH]ncc23)cc(OC)c1CN1CCN(CCCC(=O)N2CCC(c3ccc(NC4CCC(=O)NC4=O)cc3)CC2)CC1. The monoisotopic (exact) mass is 738 g/mol. The normalized spacial score (nSPS) is 18.9. The number of aryl methyl sites for hydroxylation is 1. The summed E-state index contributed by atoms with van der Waals surface area (Å²) in [6.45, 7) is 6.79. The predicted molar refractivity (Wildman–Crippen MR) is 206 cm³/mol. The van der Waals surface area contributed by atoms with Gasteiger partial charge in [-0.15, -0.1) is 0 Å². The number of piperidine rings is 2. The van der Waals surface area contributed by atoms with Crippen LogP contribution in [0.3, 0.4) is 0 Å². The first-order valence-corrected chi connectivity index (χ1v) is 18.9. The molecule has 14 heteroatoms. The lowest BCUT2D eigenvalue weighted by molar-refractivity contribution is -0.134. The molecule has 3 amide bonds. The molecule has 0 spiro atoms. The number of aromatic amines is 1. The molecule has 54 heavy (non-hydrogen) atoms. The standard InChI is InChI=1S/C40H50N8O6/c1-45-24-31(30-23-41-44-38(30)40(45)52)28-21-34(53-2)32(35(22-28)54-3)25-47-19-17-46(18-20-47)14-4-5-37(50)48-15-12-27(13-16-48)26-6-8-29(9-7-26)42-33-10-11-36(49)43-39(33)51/h6-9,21-24,27,33,42H,4-5,10-20,25H2,1-3H3,(H,41,44)(H,43,49,51). The number of hydrogen-bond donors (Lipinski definition) is 3. The van der Waals surface area contributed by atoms with Crippen molar-refractivity contribution in [1.29, 1.82) is 0 Å². The van der Waals surface area contributed by atoms with Gasteiger partial charge in [-0.1, -0.05) is 12.1 Å². The molecular formula is C40H50N8O6. The number of hydrogen-bond acceptors (Lipinski definition) is 10. The van der Waals surface area contributed by atoms with Gasteiger partial charge in [0, 0.05) is 88.5 Å². The number of anilines is 1. The van der Waals surface area contributed by atoms with Crippen molar-refractivity contribution in [3.05, 3.63) is 70.3 Å². The molecule has 3 aliphatic heterocycles. The molecular weight excluding hydrogens is 688 g/mol. The Morgan fingerprint density at radius 2 is 1.61 bits per heavy atom. The maximum atomic E-state index is 13.1. The summed E-state index contributed by atoms with van der Waals surface area (Å²) < 4.78 is 13.3. The molecule has 3 aliphatic rings. The van der Waals surface area contributed by atoms with Gasteiger partial charge in [-0.2, -0.15) is 5.10 Å². The Kier molecular flexibility index (Phi) is 11.3. The highest BCUT2D eigenvalue weighted by Gasteiger charge is 2.28. The van der Waals surface area contributed by atoms with Crippen molar-refractivity contribution in [2.75, 3.05) is 65.3 Å². The lowest BCUT2D eigenvalue weighted by atomic mass is 9.89. The van der Waals surface area contributed by atoms with Crippen molar-refractivity contribution < 1.29 is 23.9 Å². The fourth-order valence-electron chi connectivity index (χ4n) is 8.03. The van der Waals surface area contributed by atoms with Crippen molar-refractivity contribution in [2.24, 2.45) is 7.05 Å². The van der Waals surface area contributed by atoms with E-state index < -0.39 is 6.04 Å². The molecule has 0 saturated carbocycles. The zero-order chi connectivity index (χ0) is 37.8. The second-order valence-electron chi connectivity index (χ2n) is 14.6. The van der Waals surface area contributed by atoms with Crippen molar-refractivity contribution in [1.82, 2.24) is 34.8 Å². The van der Waals surface area contributed by atoms with Gasteiger partial charge in [0.2, 0.25) is 17.7 Å². The number of H-pyrrole nitrogens is 1. The van der Waals surface area contributed by atoms with E-state index in [9.17, 15) is 19.2 Å². The van der Waals surface area contributed by atoms with Crippen LogP contribution in [0.4, 0.5) is 5.69 Å². The van der Waals surface area contributed by atoms with Crippen LogP contribution in [0.5, 0.6) is 11.5 Å². The second-order valence-corrected chi connectivity index (χ2v) is 14.6. The molecule has 2 aromatic carbocycles. The predicted octanol–water partition coefficient (Wildman–Crippen LogP) is 3.47. The number of imide groups is 1. The molecule has 3 N–H and O–H groups in total. The van der Waals surface area contributed by atoms with Gasteiger partial charge in [0.05, 0.1) is 26.0 Å². The Morgan fingerprint density at radius 1 is 0.926 bits per heavy atom. The molecule has 0 aliphatic carbocycles. The number of pyridine rings is 1. The summed E-state index contributed by atoms with van der Waals surface area (Å²) in [7, 11) is 5.07. The number of nitrogens with one attached hydrogen (secondary N) is 3. The maximum Gasteiger partial charge on any atom is 0.276 e. The maximum absolute atomic E-state index is 13.1. The number of amides is 3. The van der Waals surface area contributed by atoms with Gasteiger partial charge in [-0.3, -0.25) is 34.5 Å². The minimum atomic E-state index is -0.395. The summed E-state index contributed by atoms with van der Waals surface area (Å²) in [5.41, 5.74) is 5.18. The third-order valence-corrected chi connectivity index (χ3v) is 11.2. The Morgan fingerprint density at radius 3 is 2.28 bits per heavy atom. The first-order valence-electron chi connectivity index (χ1n) is 18.9. The molecule has 4 aromatic rings. The summed E-state index contributed by atoms with van der Waals surface area (Å²) in [6.07, 6.45) is 7.62. The quantitative estimate of drug-likeness (QED) is 0.184. The van der Waals surface area contributed by atoms with Crippen LogP contribution in [0, 0.1) is 0 Å². The molecule has 3 fully saturated rings. The second kappa shape index (κ2) is 16.4. The molecule has 14 nitrogen and oxygen atoms in total. The molecule has 7 rings (SSSR count). The summed E-state index contributed by atoms with van der Waals surface area (Å²) in [5, 5.41) is 13.3. The minimum Gasteiger partial charge on any atom is -0.496 e. The van der Waals surface area contributed by atoms with E-state index in [1.165, 1.54) is 5.56 Å². The number of nitrogens with zero attached hydrogens (tertiary/aromatic N) is 5. The van der Waals surface area contributed by atoms with Gasteiger partial charge in [0.25, 0.3) is 5.56 Å². The van der Waals surface area contributed by atoms with E-state index >= 15 is 0 Å². The minimum absolute atomic E-state index is 0.131. The fraction of sp³-hybridized carbons (Fsp3) is 0.475. The summed E-state index contributed by atoms with van der Waals surface area (Å²) >= 11 is 0. The molecule has 1 unspecified atom stereocenters.